The Hall–Kier alpha value is -1.48. The number of aromatic nitrogens is 2. The summed E-state index contributed by atoms with van der Waals surface area (Å²) < 4.78 is 0. The summed E-state index contributed by atoms with van der Waals surface area (Å²) in [6.07, 6.45) is 8.11. The molecule has 3 heteroatoms. The van der Waals surface area contributed by atoms with Gasteiger partial charge in [-0.25, -0.2) is 0 Å². The molecule has 0 radical (unpaired) electrons. The third-order valence-electron chi connectivity index (χ3n) is 2.97. The fourth-order valence-corrected chi connectivity index (χ4v) is 2.15. The zero-order valence-electron chi connectivity index (χ0n) is 8.48. The monoisotopic (exact) mass is 199 g/mol. The van der Waals surface area contributed by atoms with E-state index in [4.69, 9.17) is 0 Å². The third-order valence-corrected chi connectivity index (χ3v) is 2.97. The van der Waals surface area contributed by atoms with Crippen molar-refractivity contribution in [3.8, 4) is 0 Å². The van der Waals surface area contributed by atoms with E-state index in [1.807, 2.05) is 18.5 Å². The maximum atomic E-state index is 4.45. The number of nitrogens with zero attached hydrogens (tertiary/aromatic N) is 2. The van der Waals surface area contributed by atoms with Crippen molar-refractivity contribution in [3.05, 3.63) is 36.3 Å². The molecule has 0 aliphatic carbocycles. The van der Waals surface area contributed by atoms with Crippen LogP contribution in [-0.4, -0.2) is 16.5 Å². The van der Waals surface area contributed by atoms with Crippen LogP contribution in [0.15, 0.2) is 30.7 Å². The number of rotatable bonds is 1. The number of pyridine rings is 2. The molecular formula is C12H13N3. The van der Waals surface area contributed by atoms with Gasteiger partial charge < -0.3 is 5.32 Å². The smallest absolute Gasteiger partial charge is 0.0732 e. The van der Waals surface area contributed by atoms with Crippen molar-refractivity contribution < 1.29 is 0 Å². The lowest BCUT2D eigenvalue weighted by molar-refractivity contribution is 0.646. The van der Waals surface area contributed by atoms with Crippen molar-refractivity contribution in [1.29, 1.82) is 0 Å². The minimum atomic E-state index is 0.488. The Morgan fingerprint density at radius 2 is 2.33 bits per heavy atom. The fourth-order valence-electron chi connectivity index (χ4n) is 2.15. The summed E-state index contributed by atoms with van der Waals surface area (Å²) in [5.41, 5.74) is 2.31. The van der Waals surface area contributed by atoms with Crippen molar-refractivity contribution >= 4 is 10.9 Å². The van der Waals surface area contributed by atoms with Gasteiger partial charge in [-0.2, -0.15) is 0 Å². The minimum absolute atomic E-state index is 0.488. The van der Waals surface area contributed by atoms with Crippen molar-refractivity contribution in [2.45, 2.75) is 18.9 Å². The van der Waals surface area contributed by atoms with Gasteiger partial charge in [0, 0.05) is 30.0 Å². The molecular weight excluding hydrogens is 186 g/mol. The van der Waals surface area contributed by atoms with E-state index in [9.17, 15) is 0 Å². The van der Waals surface area contributed by atoms with Crippen LogP contribution in [0.4, 0.5) is 0 Å². The average molecular weight is 199 g/mol. The van der Waals surface area contributed by atoms with Gasteiger partial charge in [-0.1, -0.05) is 0 Å². The van der Waals surface area contributed by atoms with E-state index in [2.05, 4.69) is 21.4 Å². The zero-order chi connectivity index (χ0) is 10.1. The lowest BCUT2D eigenvalue weighted by Crippen LogP contribution is -2.12. The van der Waals surface area contributed by atoms with Gasteiger partial charge in [-0.05, 0) is 37.1 Å². The van der Waals surface area contributed by atoms with E-state index in [0.29, 0.717) is 6.04 Å². The standard InChI is InChI=1S/C12H13N3/c1-2-11(14-4-1)10-6-9-7-13-5-3-12(9)15-8-10/h3,5-8,11,14H,1-2,4H2. The van der Waals surface area contributed by atoms with Gasteiger partial charge in [-0.15, -0.1) is 0 Å². The maximum Gasteiger partial charge on any atom is 0.0732 e. The van der Waals surface area contributed by atoms with Gasteiger partial charge in [0.1, 0.15) is 0 Å². The highest BCUT2D eigenvalue weighted by molar-refractivity contribution is 5.77. The Labute approximate surface area is 88.6 Å². The highest BCUT2D eigenvalue weighted by atomic mass is 14.9. The maximum absolute atomic E-state index is 4.45. The molecule has 0 spiro atoms. The fraction of sp³-hybridized carbons (Fsp3) is 0.333. The highest BCUT2D eigenvalue weighted by Crippen LogP contribution is 2.24. The van der Waals surface area contributed by atoms with Crippen LogP contribution >= 0.6 is 0 Å². The summed E-state index contributed by atoms with van der Waals surface area (Å²) in [6, 6.07) is 4.63. The quantitative estimate of drug-likeness (QED) is 0.763. The predicted molar refractivity (Wildman–Crippen MR) is 59.5 cm³/mol. The second kappa shape index (κ2) is 3.59. The lowest BCUT2D eigenvalue weighted by Gasteiger charge is -2.10. The van der Waals surface area contributed by atoms with Crippen LogP contribution in [0.25, 0.3) is 10.9 Å². The van der Waals surface area contributed by atoms with E-state index in [1.165, 1.54) is 18.4 Å². The van der Waals surface area contributed by atoms with Gasteiger partial charge in [0.2, 0.25) is 0 Å². The molecule has 76 valence electrons. The summed E-state index contributed by atoms with van der Waals surface area (Å²) >= 11 is 0. The number of hydrogen-bond acceptors (Lipinski definition) is 3. The molecule has 1 aliphatic rings. The molecule has 0 saturated carbocycles. The molecule has 2 aromatic rings. The molecule has 1 saturated heterocycles. The molecule has 0 bridgehead atoms. The van der Waals surface area contributed by atoms with Gasteiger partial charge in [-0.3, -0.25) is 9.97 Å². The number of fused-ring (bicyclic) bond motifs is 1. The first-order valence-corrected chi connectivity index (χ1v) is 5.36. The van der Waals surface area contributed by atoms with E-state index in [-0.39, 0.29) is 0 Å². The largest absolute Gasteiger partial charge is 0.310 e. The van der Waals surface area contributed by atoms with Crippen LogP contribution in [0, 0.1) is 0 Å². The Kier molecular flexibility index (Phi) is 2.10. The number of nitrogens with one attached hydrogen (secondary N) is 1. The predicted octanol–water partition coefficient (Wildman–Crippen LogP) is 2.05. The molecule has 3 heterocycles. The van der Waals surface area contributed by atoms with E-state index in [1.54, 1.807) is 6.20 Å². The van der Waals surface area contributed by atoms with E-state index < -0.39 is 0 Å². The Bertz CT molecular complexity index is 475. The molecule has 1 N–H and O–H groups in total. The van der Waals surface area contributed by atoms with Gasteiger partial charge in [0.05, 0.1) is 5.52 Å². The molecule has 1 unspecified atom stereocenters. The molecule has 15 heavy (non-hydrogen) atoms. The Balaban J connectivity index is 2.05. The zero-order valence-corrected chi connectivity index (χ0v) is 8.48. The van der Waals surface area contributed by atoms with Crippen LogP contribution in [0.5, 0.6) is 0 Å². The van der Waals surface area contributed by atoms with Gasteiger partial charge in [0.15, 0.2) is 0 Å². The van der Waals surface area contributed by atoms with Crippen molar-refractivity contribution in [3.63, 3.8) is 0 Å². The van der Waals surface area contributed by atoms with Crippen LogP contribution in [0.1, 0.15) is 24.4 Å². The van der Waals surface area contributed by atoms with Gasteiger partial charge >= 0.3 is 0 Å². The first-order valence-electron chi connectivity index (χ1n) is 5.36. The second-order valence-electron chi connectivity index (χ2n) is 3.99. The summed E-state index contributed by atoms with van der Waals surface area (Å²) in [4.78, 5) is 8.57. The summed E-state index contributed by atoms with van der Waals surface area (Å²) in [6.45, 7) is 1.12. The summed E-state index contributed by atoms with van der Waals surface area (Å²) in [5.74, 6) is 0. The number of hydrogen-bond donors (Lipinski definition) is 1. The van der Waals surface area contributed by atoms with Crippen molar-refractivity contribution in [2.75, 3.05) is 6.54 Å². The molecule has 3 nitrogen and oxygen atoms in total. The molecule has 1 atom stereocenters. The average Bonchev–Trinajstić information content (AvgIpc) is 2.82. The minimum Gasteiger partial charge on any atom is -0.310 e. The first-order chi connectivity index (χ1) is 7.43. The lowest BCUT2D eigenvalue weighted by atomic mass is 10.1. The van der Waals surface area contributed by atoms with Crippen LogP contribution in [-0.2, 0) is 0 Å². The molecule has 2 aromatic heterocycles. The topological polar surface area (TPSA) is 37.8 Å². The normalized spacial score (nSPS) is 20.9. The third kappa shape index (κ3) is 1.59. The van der Waals surface area contributed by atoms with E-state index >= 15 is 0 Å². The Morgan fingerprint density at radius 1 is 1.33 bits per heavy atom. The molecule has 3 rings (SSSR count). The SMILES string of the molecule is c1cc2ncc(C3CCCN3)cc2cn1. The van der Waals surface area contributed by atoms with Crippen molar-refractivity contribution in [2.24, 2.45) is 0 Å². The van der Waals surface area contributed by atoms with Crippen LogP contribution in [0.3, 0.4) is 0 Å². The molecule has 1 fully saturated rings. The highest BCUT2D eigenvalue weighted by Gasteiger charge is 2.16. The van der Waals surface area contributed by atoms with Crippen LogP contribution in [0.2, 0.25) is 0 Å². The molecule has 1 aliphatic heterocycles. The Morgan fingerprint density at radius 3 is 3.20 bits per heavy atom. The second-order valence-corrected chi connectivity index (χ2v) is 3.99. The van der Waals surface area contributed by atoms with Gasteiger partial charge in [0.25, 0.3) is 0 Å². The van der Waals surface area contributed by atoms with Crippen molar-refractivity contribution in [1.82, 2.24) is 15.3 Å². The van der Waals surface area contributed by atoms with E-state index in [0.717, 1.165) is 17.4 Å². The molecule has 0 aromatic carbocycles. The summed E-state index contributed by atoms with van der Waals surface area (Å²) in [5, 5.41) is 4.61. The first kappa shape index (κ1) is 8.80. The van der Waals surface area contributed by atoms with Crippen LogP contribution < -0.4 is 5.32 Å². The molecule has 0 amide bonds. The summed E-state index contributed by atoms with van der Waals surface area (Å²) in [7, 11) is 0.